The van der Waals surface area contributed by atoms with Crippen LogP contribution in [-0.2, 0) is 9.53 Å². The fourth-order valence-electron chi connectivity index (χ4n) is 1.94. The third-order valence-corrected chi connectivity index (χ3v) is 3.17. The van der Waals surface area contributed by atoms with Crippen molar-refractivity contribution in [1.29, 1.82) is 0 Å². The van der Waals surface area contributed by atoms with Crippen molar-refractivity contribution in [1.82, 2.24) is 10.2 Å². The van der Waals surface area contributed by atoms with Gasteiger partial charge in [0.1, 0.15) is 0 Å². The summed E-state index contributed by atoms with van der Waals surface area (Å²) < 4.78 is 5.04. The topological polar surface area (TPSA) is 41.6 Å². The average Bonchev–Trinajstić information content (AvgIpc) is 2.96. The van der Waals surface area contributed by atoms with Gasteiger partial charge in [0.2, 0.25) is 5.91 Å². The van der Waals surface area contributed by atoms with Crippen LogP contribution in [0.3, 0.4) is 0 Å². The second kappa shape index (κ2) is 4.94. The zero-order valence-corrected chi connectivity index (χ0v) is 9.37. The number of rotatable bonds is 6. The lowest BCUT2D eigenvalue weighted by molar-refractivity contribution is -0.133. The normalized spacial score (nSPS) is 21.1. The van der Waals surface area contributed by atoms with Gasteiger partial charge in [-0.3, -0.25) is 4.79 Å². The number of carbonyl (C=O) groups excluding carboxylic acids is 1. The lowest BCUT2D eigenvalue weighted by Crippen LogP contribution is -2.46. The lowest BCUT2D eigenvalue weighted by atomic mass is 9.98. The zero-order valence-electron chi connectivity index (χ0n) is 9.37. The van der Waals surface area contributed by atoms with Crippen LogP contribution in [0.2, 0.25) is 0 Å². The van der Waals surface area contributed by atoms with Crippen molar-refractivity contribution in [2.45, 2.75) is 25.3 Å². The van der Waals surface area contributed by atoms with Crippen molar-refractivity contribution in [2.75, 3.05) is 33.4 Å². The van der Waals surface area contributed by atoms with E-state index in [2.05, 4.69) is 5.32 Å². The number of ether oxygens (including phenoxy) is 1. The van der Waals surface area contributed by atoms with Gasteiger partial charge in [-0.05, 0) is 31.8 Å². The van der Waals surface area contributed by atoms with Gasteiger partial charge in [-0.2, -0.15) is 0 Å². The van der Waals surface area contributed by atoms with Gasteiger partial charge in [0.25, 0.3) is 0 Å². The fraction of sp³-hybridized carbons (Fsp3) is 0.909. The van der Waals surface area contributed by atoms with Crippen molar-refractivity contribution in [2.24, 2.45) is 5.92 Å². The number of nitrogens with zero attached hydrogens (tertiary/aromatic N) is 1. The summed E-state index contributed by atoms with van der Waals surface area (Å²) in [4.78, 5) is 14.0. The van der Waals surface area contributed by atoms with Crippen LogP contribution in [0, 0.1) is 5.92 Å². The molecular weight excluding hydrogens is 192 g/mol. The molecule has 1 heterocycles. The van der Waals surface area contributed by atoms with Crippen LogP contribution in [-0.4, -0.2) is 50.2 Å². The molecule has 2 rings (SSSR count). The van der Waals surface area contributed by atoms with E-state index >= 15 is 0 Å². The minimum absolute atomic E-state index is 0.320. The van der Waals surface area contributed by atoms with Crippen LogP contribution in [0.25, 0.3) is 0 Å². The van der Waals surface area contributed by atoms with Gasteiger partial charge in [-0.15, -0.1) is 0 Å². The molecule has 86 valence electrons. The molecule has 15 heavy (non-hydrogen) atoms. The minimum Gasteiger partial charge on any atom is -0.383 e. The van der Waals surface area contributed by atoms with Gasteiger partial charge in [-0.25, -0.2) is 0 Å². The first-order chi connectivity index (χ1) is 7.31. The van der Waals surface area contributed by atoms with Crippen LogP contribution in [0.15, 0.2) is 0 Å². The van der Waals surface area contributed by atoms with E-state index in [1.54, 1.807) is 7.11 Å². The highest BCUT2D eigenvalue weighted by Crippen LogP contribution is 2.28. The second-order valence-electron chi connectivity index (χ2n) is 4.54. The molecule has 2 aliphatic rings. The monoisotopic (exact) mass is 212 g/mol. The highest BCUT2D eigenvalue weighted by atomic mass is 16.5. The van der Waals surface area contributed by atoms with Crippen LogP contribution in [0.4, 0.5) is 0 Å². The number of methoxy groups -OCH3 is 1. The third kappa shape index (κ3) is 2.92. The molecule has 2 fully saturated rings. The fourth-order valence-corrected chi connectivity index (χ4v) is 1.94. The van der Waals surface area contributed by atoms with Crippen LogP contribution >= 0.6 is 0 Å². The maximum atomic E-state index is 12.0. The molecule has 0 unspecified atom stereocenters. The molecule has 0 spiro atoms. The zero-order chi connectivity index (χ0) is 10.7. The summed E-state index contributed by atoms with van der Waals surface area (Å²) in [5.74, 6) is 0.891. The van der Waals surface area contributed by atoms with Crippen molar-refractivity contribution >= 4 is 5.91 Å². The Labute approximate surface area is 91.0 Å². The van der Waals surface area contributed by atoms with Gasteiger partial charge in [0.15, 0.2) is 0 Å². The van der Waals surface area contributed by atoms with Gasteiger partial charge in [0, 0.05) is 26.1 Å². The third-order valence-electron chi connectivity index (χ3n) is 3.17. The average molecular weight is 212 g/mol. The predicted molar refractivity (Wildman–Crippen MR) is 57.6 cm³/mol. The minimum atomic E-state index is 0.320. The summed E-state index contributed by atoms with van der Waals surface area (Å²) in [5, 5.41) is 3.20. The van der Waals surface area contributed by atoms with E-state index in [0.717, 1.165) is 19.6 Å². The van der Waals surface area contributed by atoms with E-state index < -0.39 is 0 Å². The number of hydrogen-bond acceptors (Lipinski definition) is 3. The Morgan fingerprint density at radius 1 is 1.47 bits per heavy atom. The Kier molecular flexibility index (Phi) is 3.59. The molecule has 1 saturated carbocycles. The summed E-state index contributed by atoms with van der Waals surface area (Å²) in [6, 6.07) is 0.515. The summed E-state index contributed by atoms with van der Waals surface area (Å²) in [6.07, 6.45) is 3.07. The molecule has 4 nitrogen and oxygen atoms in total. The van der Waals surface area contributed by atoms with Crippen LogP contribution in [0.5, 0.6) is 0 Å². The molecule has 1 amide bonds. The predicted octanol–water partition coefficient (Wildman–Crippen LogP) is 0.233. The van der Waals surface area contributed by atoms with Crippen molar-refractivity contribution in [3.8, 4) is 0 Å². The van der Waals surface area contributed by atoms with Gasteiger partial charge in [0.05, 0.1) is 6.61 Å². The van der Waals surface area contributed by atoms with E-state index in [4.69, 9.17) is 4.74 Å². The molecular formula is C11H20N2O2. The maximum absolute atomic E-state index is 12.0. The van der Waals surface area contributed by atoms with E-state index in [1.165, 1.54) is 12.8 Å². The Balaban J connectivity index is 1.77. The van der Waals surface area contributed by atoms with Gasteiger partial charge < -0.3 is 15.0 Å². The van der Waals surface area contributed by atoms with Crippen molar-refractivity contribution in [3.63, 3.8) is 0 Å². The second-order valence-corrected chi connectivity index (χ2v) is 4.54. The Hall–Kier alpha value is -0.610. The Morgan fingerprint density at radius 2 is 2.20 bits per heavy atom. The number of nitrogens with one attached hydrogen (secondary N) is 1. The van der Waals surface area contributed by atoms with Gasteiger partial charge >= 0.3 is 0 Å². The summed E-state index contributed by atoms with van der Waals surface area (Å²) in [6.45, 7) is 3.44. The smallest absolute Gasteiger partial charge is 0.223 e. The lowest BCUT2D eigenvalue weighted by Gasteiger charge is -2.30. The molecule has 0 aromatic heterocycles. The molecule has 0 aromatic rings. The molecule has 4 heteroatoms. The molecule has 0 atom stereocenters. The SMILES string of the molecule is COCCN(C(=O)CC1CNC1)C1CC1. The molecule has 0 aromatic carbocycles. The maximum Gasteiger partial charge on any atom is 0.223 e. The highest BCUT2D eigenvalue weighted by Gasteiger charge is 2.33. The van der Waals surface area contributed by atoms with E-state index in [9.17, 15) is 4.79 Å². The summed E-state index contributed by atoms with van der Waals surface area (Å²) >= 11 is 0. The van der Waals surface area contributed by atoms with E-state index in [0.29, 0.717) is 30.9 Å². The molecule has 1 saturated heterocycles. The Bertz CT molecular complexity index is 225. The highest BCUT2D eigenvalue weighted by molar-refractivity contribution is 5.77. The number of hydrogen-bond donors (Lipinski definition) is 1. The quantitative estimate of drug-likeness (QED) is 0.685. The van der Waals surface area contributed by atoms with Gasteiger partial charge in [-0.1, -0.05) is 0 Å². The van der Waals surface area contributed by atoms with Crippen molar-refractivity contribution < 1.29 is 9.53 Å². The molecule has 1 N–H and O–H groups in total. The summed E-state index contributed by atoms with van der Waals surface area (Å²) in [7, 11) is 1.69. The van der Waals surface area contributed by atoms with Crippen LogP contribution in [0.1, 0.15) is 19.3 Å². The number of amides is 1. The molecule has 1 aliphatic heterocycles. The first kappa shape index (κ1) is 10.9. The molecule has 0 bridgehead atoms. The standard InChI is InChI=1S/C11H20N2O2/c1-15-5-4-13(10-2-3-10)11(14)6-9-7-12-8-9/h9-10,12H,2-8H2,1H3. The first-order valence-electron chi connectivity index (χ1n) is 5.80. The largest absolute Gasteiger partial charge is 0.383 e. The first-order valence-corrected chi connectivity index (χ1v) is 5.80. The van der Waals surface area contributed by atoms with E-state index in [1.807, 2.05) is 4.90 Å². The Morgan fingerprint density at radius 3 is 2.67 bits per heavy atom. The van der Waals surface area contributed by atoms with Crippen LogP contribution < -0.4 is 5.32 Å². The summed E-state index contributed by atoms with van der Waals surface area (Å²) in [5.41, 5.74) is 0. The van der Waals surface area contributed by atoms with Crippen molar-refractivity contribution in [3.05, 3.63) is 0 Å². The number of carbonyl (C=O) groups is 1. The van der Waals surface area contributed by atoms with E-state index in [-0.39, 0.29) is 0 Å². The molecule has 0 radical (unpaired) electrons. The molecule has 1 aliphatic carbocycles.